The van der Waals surface area contributed by atoms with Crippen molar-refractivity contribution in [1.82, 2.24) is 15.6 Å². The molecule has 1 aliphatic rings. The number of hydrogen-bond donors (Lipinski definition) is 2. The van der Waals surface area contributed by atoms with Crippen molar-refractivity contribution in [1.29, 1.82) is 0 Å². The number of aliphatic imine (C=N–C) groups is 1. The zero-order valence-corrected chi connectivity index (χ0v) is 20.2. The summed E-state index contributed by atoms with van der Waals surface area (Å²) in [4.78, 5) is 10.4. The van der Waals surface area contributed by atoms with E-state index in [-0.39, 0.29) is 42.4 Å². The van der Waals surface area contributed by atoms with E-state index in [4.69, 9.17) is 9.47 Å². The summed E-state index contributed by atoms with van der Waals surface area (Å²) in [5, 5.41) is 6.49. The Morgan fingerprint density at radius 1 is 1.25 bits per heavy atom. The molecule has 11 heteroatoms. The Labute approximate surface area is 202 Å². The van der Waals surface area contributed by atoms with Gasteiger partial charge in [0.1, 0.15) is 5.75 Å². The topological polar surface area (TPSA) is 71.0 Å². The Morgan fingerprint density at radius 3 is 2.75 bits per heavy atom. The number of hydrogen-bond acceptors (Lipinski definition) is 5. The average Bonchev–Trinajstić information content (AvgIpc) is 3.23. The van der Waals surface area contributed by atoms with Crippen LogP contribution in [-0.4, -0.2) is 57.0 Å². The maximum atomic E-state index is 12.5. The summed E-state index contributed by atoms with van der Waals surface area (Å²) < 4.78 is 47.7. The fourth-order valence-electron chi connectivity index (χ4n) is 3.39. The van der Waals surface area contributed by atoms with Crippen molar-refractivity contribution in [3.8, 4) is 11.6 Å². The predicted octanol–water partition coefficient (Wildman–Crippen LogP) is 3.59. The highest BCUT2D eigenvalue weighted by Crippen LogP contribution is 2.30. The summed E-state index contributed by atoms with van der Waals surface area (Å²) in [6, 6.07) is 11.3. The number of nitrogens with zero attached hydrogens (tertiary/aromatic N) is 3. The fourth-order valence-corrected chi connectivity index (χ4v) is 3.39. The van der Waals surface area contributed by atoms with E-state index in [1.54, 1.807) is 26.3 Å². The lowest BCUT2D eigenvalue weighted by molar-refractivity contribution is -0.154. The highest BCUT2D eigenvalue weighted by atomic mass is 127. The van der Waals surface area contributed by atoms with E-state index in [2.05, 4.69) is 25.5 Å². The number of methoxy groups -OCH3 is 1. The third-order valence-corrected chi connectivity index (χ3v) is 4.85. The van der Waals surface area contributed by atoms with Crippen LogP contribution in [0, 0.1) is 0 Å². The van der Waals surface area contributed by atoms with Gasteiger partial charge in [0.15, 0.2) is 12.6 Å². The minimum absolute atomic E-state index is 0. The Kier molecular flexibility index (Phi) is 9.66. The van der Waals surface area contributed by atoms with Gasteiger partial charge in [-0.15, -0.1) is 24.0 Å². The maximum Gasteiger partial charge on any atom is 0.422 e. The largest absolute Gasteiger partial charge is 0.495 e. The van der Waals surface area contributed by atoms with Gasteiger partial charge in [0, 0.05) is 44.5 Å². The van der Waals surface area contributed by atoms with Gasteiger partial charge in [-0.1, -0.05) is 18.2 Å². The Hall–Kier alpha value is -2.44. The number of halogens is 4. The molecule has 1 fully saturated rings. The predicted molar refractivity (Wildman–Crippen MR) is 128 cm³/mol. The number of alkyl halides is 3. The standard InChI is InChI=1S/C21H26F3N5O2.HI/c1-25-20(27-12-15-6-5-10-26-19(15)31-14-21(22,23)24)28-16-9-11-29(13-16)17-7-3-4-8-18(17)30-2;/h3-8,10,16H,9,11-14H2,1-2H3,(H2,25,27,28);1H. The SMILES string of the molecule is CN=C(NCc1cccnc1OCC(F)(F)F)NC1CCN(c2ccccc2OC)C1.I. The van der Waals surface area contributed by atoms with Crippen molar-refractivity contribution >= 4 is 35.6 Å². The lowest BCUT2D eigenvalue weighted by atomic mass is 10.2. The quantitative estimate of drug-likeness (QED) is 0.304. The monoisotopic (exact) mass is 565 g/mol. The molecule has 2 N–H and O–H groups in total. The van der Waals surface area contributed by atoms with Gasteiger partial charge in [-0.2, -0.15) is 13.2 Å². The highest BCUT2D eigenvalue weighted by molar-refractivity contribution is 14.0. The molecule has 1 unspecified atom stereocenters. The number of pyridine rings is 1. The van der Waals surface area contributed by atoms with Gasteiger partial charge in [-0.05, 0) is 24.6 Å². The molecular weight excluding hydrogens is 538 g/mol. The first-order valence-corrected chi connectivity index (χ1v) is 9.88. The minimum atomic E-state index is -4.42. The summed E-state index contributed by atoms with van der Waals surface area (Å²) in [7, 11) is 3.30. The number of anilines is 1. The van der Waals surface area contributed by atoms with Crippen molar-refractivity contribution in [2.75, 3.05) is 38.8 Å². The van der Waals surface area contributed by atoms with E-state index in [0.29, 0.717) is 11.5 Å². The number of benzene rings is 1. The fraction of sp³-hybridized carbons (Fsp3) is 0.429. The smallest absolute Gasteiger partial charge is 0.422 e. The zero-order chi connectivity index (χ0) is 22.3. The molecular formula is C21H27F3IN5O2. The Morgan fingerprint density at radius 2 is 2.03 bits per heavy atom. The van der Waals surface area contributed by atoms with Crippen LogP contribution in [-0.2, 0) is 6.54 Å². The molecule has 7 nitrogen and oxygen atoms in total. The average molecular weight is 565 g/mol. The minimum Gasteiger partial charge on any atom is -0.495 e. The van der Waals surface area contributed by atoms with Gasteiger partial charge in [0.25, 0.3) is 0 Å². The number of para-hydroxylation sites is 2. The van der Waals surface area contributed by atoms with Crippen molar-refractivity contribution in [3.63, 3.8) is 0 Å². The molecule has 0 amide bonds. The maximum absolute atomic E-state index is 12.5. The molecule has 1 aliphatic heterocycles. The number of aromatic nitrogens is 1. The van der Waals surface area contributed by atoms with Gasteiger partial charge < -0.3 is 25.0 Å². The van der Waals surface area contributed by atoms with Crippen LogP contribution >= 0.6 is 24.0 Å². The first kappa shape index (κ1) is 25.8. The highest BCUT2D eigenvalue weighted by Gasteiger charge is 2.29. The van der Waals surface area contributed by atoms with Crippen molar-refractivity contribution < 1.29 is 22.6 Å². The number of rotatable bonds is 7. The van der Waals surface area contributed by atoms with Crippen LogP contribution in [0.4, 0.5) is 18.9 Å². The molecule has 0 radical (unpaired) electrons. The molecule has 1 atom stereocenters. The van der Waals surface area contributed by atoms with Crippen LogP contribution in [0.1, 0.15) is 12.0 Å². The van der Waals surface area contributed by atoms with Crippen molar-refractivity contribution in [2.24, 2.45) is 4.99 Å². The first-order valence-electron chi connectivity index (χ1n) is 9.88. The number of guanidine groups is 1. The molecule has 0 aliphatic carbocycles. The van der Waals surface area contributed by atoms with E-state index in [9.17, 15) is 13.2 Å². The molecule has 0 bridgehead atoms. The lowest BCUT2D eigenvalue weighted by Crippen LogP contribution is -2.44. The zero-order valence-electron chi connectivity index (χ0n) is 17.9. The molecule has 2 aromatic rings. The molecule has 2 heterocycles. The lowest BCUT2D eigenvalue weighted by Gasteiger charge is -2.22. The molecule has 3 rings (SSSR count). The van der Waals surface area contributed by atoms with Gasteiger partial charge in [-0.3, -0.25) is 4.99 Å². The molecule has 1 aromatic heterocycles. The second kappa shape index (κ2) is 12.0. The molecule has 176 valence electrons. The molecule has 0 spiro atoms. The number of ether oxygens (including phenoxy) is 2. The van der Waals surface area contributed by atoms with Crippen LogP contribution in [0.3, 0.4) is 0 Å². The van der Waals surface area contributed by atoms with E-state index in [1.165, 1.54) is 6.20 Å². The van der Waals surface area contributed by atoms with Crippen LogP contribution in [0.15, 0.2) is 47.6 Å². The van der Waals surface area contributed by atoms with Gasteiger partial charge in [0.2, 0.25) is 5.88 Å². The van der Waals surface area contributed by atoms with E-state index in [0.717, 1.165) is 30.9 Å². The van der Waals surface area contributed by atoms with Gasteiger partial charge >= 0.3 is 6.18 Å². The van der Waals surface area contributed by atoms with Crippen LogP contribution < -0.4 is 25.0 Å². The molecule has 1 aromatic carbocycles. The first-order chi connectivity index (χ1) is 14.9. The third-order valence-electron chi connectivity index (χ3n) is 4.85. The second-order valence-electron chi connectivity index (χ2n) is 7.05. The Bertz CT molecular complexity index is 898. The molecule has 0 saturated carbocycles. The summed E-state index contributed by atoms with van der Waals surface area (Å²) in [5.74, 6) is 1.33. The van der Waals surface area contributed by atoms with Gasteiger partial charge in [0.05, 0.1) is 12.8 Å². The molecule has 1 saturated heterocycles. The van der Waals surface area contributed by atoms with Crippen molar-refractivity contribution in [3.05, 3.63) is 48.2 Å². The van der Waals surface area contributed by atoms with Crippen LogP contribution in [0.5, 0.6) is 11.6 Å². The van der Waals surface area contributed by atoms with Gasteiger partial charge in [-0.25, -0.2) is 4.98 Å². The third kappa shape index (κ3) is 7.31. The summed E-state index contributed by atoms with van der Waals surface area (Å²) >= 11 is 0. The molecule has 32 heavy (non-hydrogen) atoms. The normalized spacial score (nSPS) is 16.3. The van der Waals surface area contributed by atoms with E-state index >= 15 is 0 Å². The van der Waals surface area contributed by atoms with E-state index in [1.807, 2.05) is 24.3 Å². The summed E-state index contributed by atoms with van der Waals surface area (Å²) in [6.45, 7) is 0.482. The summed E-state index contributed by atoms with van der Waals surface area (Å²) in [5.41, 5.74) is 1.55. The van der Waals surface area contributed by atoms with Crippen molar-refractivity contribution in [2.45, 2.75) is 25.2 Å². The van der Waals surface area contributed by atoms with E-state index < -0.39 is 12.8 Å². The summed E-state index contributed by atoms with van der Waals surface area (Å²) in [6.07, 6.45) is -2.12. The van der Waals surface area contributed by atoms with Crippen LogP contribution in [0.2, 0.25) is 0 Å². The second-order valence-corrected chi connectivity index (χ2v) is 7.05. The number of nitrogens with one attached hydrogen (secondary N) is 2. The Balaban J connectivity index is 0.00000363. The van der Waals surface area contributed by atoms with Crippen LogP contribution in [0.25, 0.3) is 0 Å².